The van der Waals surface area contributed by atoms with Gasteiger partial charge in [-0.25, -0.2) is 0 Å². The molecule has 5 heteroatoms. The van der Waals surface area contributed by atoms with Crippen LogP contribution in [0.1, 0.15) is 11.6 Å². The number of hydrogen-bond acceptors (Lipinski definition) is 4. The fraction of sp³-hybridized carbons (Fsp3) is 0.562. The first-order valence-corrected chi connectivity index (χ1v) is 7.85. The summed E-state index contributed by atoms with van der Waals surface area (Å²) in [7, 11) is 0. The summed E-state index contributed by atoms with van der Waals surface area (Å²) in [6, 6.07) is 10.0. The summed E-state index contributed by atoms with van der Waals surface area (Å²) < 4.78 is 0. The van der Waals surface area contributed by atoms with Crippen molar-refractivity contribution in [2.45, 2.75) is 6.04 Å². The van der Waals surface area contributed by atoms with Crippen molar-refractivity contribution >= 4 is 5.91 Å². The van der Waals surface area contributed by atoms with Crippen LogP contribution in [0.25, 0.3) is 0 Å². The van der Waals surface area contributed by atoms with Crippen LogP contribution in [0.3, 0.4) is 0 Å². The monoisotopic (exact) mass is 288 g/mol. The number of piperazine rings is 1. The van der Waals surface area contributed by atoms with Crippen LogP contribution in [-0.2, 0) is 4.79 Å². The maximum absolute atomic E-state index is 12.9. The second-order valence-corrected chi connectivity index (χ2v) is 5.67. The summed E-state index contributed by atoms with van der Waals surface area (Å²) in [5.41, 5.74) is 1.11. The van der Waals surface area contributed by atoms with Crippen LogP contribution in [0.2, 0.25) is 0 Å². The highest BCUT2D eigenvalue weighted by Gasteiger charge is 2.35. The van der Waals surface area contributed by atoms with Gasteiger partial charge < -0.3 is 15.5 Å². The molecule has 4 rings (SSSR count). The van der Waals surface area contributed by atoms with Crippen molar-refractivity contribution in [2.24, 2.45) is 0 Å². The minimum absolute atomic E-state index is 0.124. The Morgan fingerprint density at radius 1 is 0.857 bits per heavy atom. The van der Waals surface area contributed by atoms with E-state index in [1.165, 1.54) is 0 Å². The molecule has 0 spiro atoms. The van der Waals surface area contributed by atoms with E-state index >= 15 is 0 Å². The van der Waals surface area contributed by atoms with E-state index in [1.807, 2.05) is 23.1 Å². The molecule has 3 aliphatic rings. The third kappa shape index (κ3) is 3.43. The molecule has 21 heavy (non-hydrogen) atoms. The normalized spacial score (nSPS) is 28.0. The standard InChI is InChI=1S/C16H24N4O/c21-16-15(14-4-2-1-3-5-14)19-10-8-17-6-7-18-9-11-20(16)13-12-19/h1-5,15,17-18H,6-13H2. The quantitative estimate of drug-likeness (QED) is 0.767. The molecule has 2 N–H and O–H groups in total. The highest BCUT2D eigenvalue weighted by molar-refractivity contribution is 5.84. The van der Waals surface area contributed by atoms with E-state index in [2.05, 4.69) is 27.7 Å². The van der Waals surface area contributed by atoms with E-state index in [0.717, 1.165) is 57.9 Å². The van der Waals surface area contributed by atoms with Crippen molar-refractivity contribution in [1.82, 2.24) is 20.4 Å². The summed E-state index contributed by atoms with van der Waals surface area (Å²) >= 11 is 0. The summed E-state index contributed by atoms with van der Waals surface area (Å²) in [5.74, 6) is 0.245. The minimum atomic E-state index is -0.124. The maximum Gasteiger partial charge on any atom is 0.244 e. The van der Waals surface area contributed by atoms with Gasteiger partial charge in [0.1, 0.15) is 6.04 Å². The first-order chi connectivity index (χ1) is 10.4. The summed E-state index contributed by atoms with van der Waals surface area (Å²) in [5, 5.41) is 6.83. The smallest absolute Gasteiger partial charge is 0.244 e. The Labute approximate surface area is 126 Å². The molecule has 3 fully saturated rings. The van der Waals surface area contributed by atoms with Crippen LogP contribution >= 0.6 is 0 Å². The van der Waals surface area contributed by atoms with Gasteiger partial charge in [0.15, 0.2) is 0 Å². The van der Waals surface area contributed by atoms with Crippen LogP contribution in [0.15, 0.2) is 30.3 Å². The Hall–Kier alpha value is -1.43. The van der Waals surface area contributed by atoms with Gasteiger partial charge in [-0.3, -0.25) is 9.69 Å². The molecule has 0 radical (unpaired) electrons. The van der Waals surface area contributed by atoms with E-state index in [4.69, 9.17) is 0 Å². The second-order valence-electron chi connectivity index (χ2n) is 5.67. The largest absolute Gasteiger partial charge is 0.338 e. The number of amides is 1. The predicted molar refractivity (Wildman–Crippen MR) is 83.1 cm³/mol. The van der Waals surface area contributed by atoms with Crippen molar-refractivity contribution in [2.75, 3.05) is 52.4 Å². The van der Waals surface area contributed by atoms with Gasteiger partial charge in [-0.1, -0.05) is 30.3 Å². The lowest BCUT2D eigenvalue weighted by molar-refractivity contribution is -0.142. The highest BCUT2D eigenvalue weighted by Crippen LogP contribution is 2.26. The Balaban J connectivity index is 1.83. The summed E-state index contributed by atoms with van der Waals surface area (Å²) in [6.45, 7) is 7.25. The number of rotatable bonds is 1. The molecule has 3 heterocycles. The van der Waals surface area contributed by atoms with Gasteiger partial charge in [-0.15, -0.1) is 0 Å². The second kappa shape index (κ2) is 7.02. The third-order valence-corrected chi connectivity index (χ3v) is 4.30. The fourth-order valence-electron chi connectivity index (χ4n) is 3.13. The average Bonchev–Trinajstić information content (AvgIpc) is 2.50. The van der Waals surface area contributed by atoms with Gasteiger partial charge >= 0.3 is 0 Å². The summed E-state index contributed by atoms with van der Waals surface area (Å²) in [4.78, 5) is 17.2. The molecule has 0 aliphatic carbocycles. The van der Waals surface area contributed by atoms with Crippen molar-refractivity contribution in [3.63, 3.8) is 0 Å². The van der Waals surface area contributed by atoms with E-state index in [-0.39, 0.29) is 11.9 Å². The Bertz CT molecular complexity index is 461. The Morgan fingerprint density at radius 3 is 2.33 bits per heavy atom. The zero-order valence-corrected chi connectivity index (χ0v) is 12.4. The first-order valence-electron chi connectivity index (χ1n) is 7.85. The Kier molecular flexibility index (Phi) is 4.85. The zero-order valence-electron chi connectivity index (χ0n) is 12.4. The van der Waals surface area contributed by atoms with Crippen LogP contribution in [-0.4, -0.2) is 68.1 Å². The van der Waals surface area contributed by atoms with Crippen molar-refractivity contribution in [3.05, 3.63) is 35.9 Å². The number of carbonyl (C=O) groups is 1. The molecular weight excluding hydrogens is 264 g/mol. The van der Waals surface area contributed by atoms with E-state index in [1.54, 1.807) is 0 Å². The van der Waals surface area contributed by atoms with Crippen LogP contribution in [0, 0.1) is 0 Å². The molecule has 2 atom stereocenters. The molecule has 1 aromatic carbocycles. The number of carbonyl (C=O) groups excluding carboxylic acids is 1. The zero-order chi connectivity index (χ0) is 14.5. The van der Waals surface area contributed by atoms with Gasteiger partial charge in [0, 0.05) is 52.4 Å². The third-order valence-electron chi connectivity index (χ3n) is 4.30. The number of fused-ring (bicyclic) bond motifs is 9. The van der Waals surface area contributed by atoms with E-state index < -0.39 is 0 Å². The maximum atomic E-state index is 12.9. The fourth-order valence-corrected chi connectivity index (χ4v) is 3.13. The van der Waals surface area contributed by atoms with Gasteiger partial charge in [0.2, 0.25) is 5.91 Å². The molecule has 0 aromatic heterocycles. The van der Waals surface area contributed by atoms with E-state index in [0.29, 0.717) is 0 Å². The molecule has 3 saturated heterocycles. The first kappa shape index (κ1) is 14.5. The van der Waals surface area contributed by atoms with Gasteiger partial charge in [0.05, 0.1) is 0 Å². The van der Waals surface area contributed by atoms with Gasteiger partial charge in [-0.05, 0) is 5.56 Å². The van der Waals surface area contributed by atoms with Crippen molar-refractivity contribution in [3.8, 4) is 0 Å². The molecule has 2 unspecified atom stereocenters. The topological polar surface area (TPSA) is 47.6 Å². The van der Waals surface area contributed by atoms with Crippen LogP contribution in [0.4, 0.5) is 0 Å². The lowest BCUT2D eigenvalue weighted by atomic mass is 10.0. The van der Waals surface area contributed by atoms with Crippen molar-refractivity contribution < 1.29 is 4.79 Å². The molecular formula is C16H24N4O. The number of nitrogens with one attached hydrogen (secondary N) is 2. The number of nitrogens with zero attached hydrogens (tertiary/aromatic N) is 2. The average molecular weight is 288 g/mol. The van der Waals surface area contributed by atoms with Gasteiger partial charge in [-0.2, -0.15) is 0 Å². The van der Waals surface area contributed by atoms with E-state index in [9.17, 15) is 4.79 Å². The van der Waals surface area contributed by atoms with Crippen molar-refractivity contribution in [1.29, 1.82) is 0 Å². The predicted octanol–water partition coefficient (Wildman–Crippen LogP) is 0.0647. The highest BCUT2D eigenvalue weighted by atomic mass is 16.2. The SMILES string of the molecule is O=C1C(c2ccccc2)N2CCNCCNCCN1CC2. The van der Waals surface area contributed by atoms with Crippen LogP contribution < -0.4 is 10.6 Å². The van der Waals surface area contributed by atoms with Crippen LogP contribution in [0.5, 0.6) is 0 Å². The molecule has 114 valence electrons. The minimum Gasteiger partial charge on any atom is -0.338 e. The number of hydrogen-bond donors (Lipinski definition) is 2. The molecule has 5 nitrogen and oxygen atoms in total. The molecule has 1 aromatic rings. The molecule has 3 aliphatic heterocycles. The Morgan fingerprint density at radius 2 is 1.57 bits per heavy atom. The lowest BCUT2D eigenvalue weighted by Gasteiger charge is -2.41. The lowest BCUT2D eigenvalue weighted by Crippen LogP contribution is -2.55. The molecule has 1 amide bonds. The number of benzene rings is 1. The van der Waals surface area contributed by atoms with Gasteiger partial charge in [0.25, 0.3) is 0 Å². The molecule has 0 saturated carbocycles. The molecule has 2 bridgehead atoms. The summed E-state index contributed by atoms with van der Waals surface area (Å²) in [6.07, 6.45) is 0.